The summed E-state index contributed by atoms with van der Waals surface area (Å²) >= 11 is 0. The second-order valence-corrected chi connectivity index (χ2v) is 8.86. The summed E-state index contributed by atoms with van der Waals surface area (Å²) in [5, 5.41) is 4.97. The van der Waals surface area contributed by atoms with Crippen molar-refractivity contribution in [3.05, 3.63) is 88.6 Å². The standard InChI is InChI=1S/C27H35N3/c1-19(2)24-13-10-14-25(20(3)4)27(24)29-28-26(22-11-8-7-9-12-22)18-21-15-16-23(17-21)30(5)6/h7-14,16-17,19-20,29H,15,18H2,1-6H3. The molecular formula is C27H35N3. The number of anilines is 1. The van der Waals surface area contributed by atoms with E-state index in [0.29, 0.717) is 11.8 Å². The molecule has 0 aliphatic heterocycles. The lowest BCUT2D eigenvalue weighted by Gasteiger charge is -2.19. The van der Waals surface area contributed by atoms with Gasteiger partial charge in [-0.3, -0.25) is 5.43 Å². The van der Waals surface area contributed by atoms with Gasteiger partial charge in [-0.05, 0) is 41.0 Å². The summed E-state index contributed by atoms with van der Waals surface area (Å²) in [7, 11) is 4.19. The summed E-state index contributed by atoms with van der Waals surface area (Å²) in [6.45, 7) is 8.96. The summed E-state index contributed by atoms with van der Waals surface area (Å²) < 4.78 is 0. The molecule has 0 fully saturated rings. The fourth-order valence-electron chi connectivity index (χ4n) is 3.85. The SMILES string of the molecule is CC(C)c1cccc(C(C)C)c1NN=C(CC1=CC(N(C)C)=CC1)c1ccccc1. The number of nitrogens with zero attached hydrogens (tertiary/aromatic N) is 2. The van der Waals surface area contributed by atoms with Gasteiger partial charge in [-0.2, -0.15) is 5.10 Å². The Morgan fingerprint density at radius 2 is 1.57 bits per heavy atom. The maximum Gasteiger partial charge on any atom is 0.0720 e. The smallest absolute Gasteiger partial charge is 0.0720 e. The Morgan fingerprint density at radius 1 is 0.933 bits per heavy atom. The summed E-state index contributed by atoms with van der Waals surface area (Å²) in [6, 6.07) is 17.1. The molecule has 3 nitrogen and oxygen atoms in total. The average Bonchev–Trinajstić information content (AvgIpc) is 3.20. The van der Waals surface area contributed by atoms with Crippen LogP contribution in [-0.4, -0.2) is 24.7 Å². The first-order chi connectivity index (χ1) is 14.4. The second kappa shape index (κ2) is 9.80. The van der Waals surface area contributed by atoms with Crippen LogP contribution in [0.25, 0.3) is 0 Å². The van der Waals surface area contributed by atoms with Crippen LogP contribution in [0.3, 0.4) is 0 Å². The van der Waals surface area contributed by atoms with Crippen molar-refractivity contribution in [2.75, 3.05) is 19.5 Å². The third-order valence-electron chi connectivity index (χ3n) is 5.62. The van der Waals surface area contributed by atoms with Crippen molar-refractivity contribution in [2.24, 2.45) is 5.10 Å². The van der Waals surface area contributed by atoms with E-state index < -0.39 is 0 Å². The van der Waals surface area contributed by atoms with E-state index >= 15 is 0 Å². The van der Waals surface area contributed by atoms with Crippen LogP contribution in [0.5, 0.6) is 0 Å². The molecule has 0 radical (unpaired) electrons. The Labute approximate surface area is 182 Å². The molecule has 158 valence electrons. The molecule has 0 saturated heterocycles. The molecule has 0 bridgehead atoms. The van der Waals surface area contributed by atoms with E-state index in [-0.39, 0.29) is 0 Å². The van der Waals surface area contributed by atoms with Gasteiger partial charge in [0.15, 0.2) is 0 Å². The molecule has 2 aromatic carbocycles. The molecule has 1 aliphatic carbocycles. The summed E-state index contributed by atoms with van der Waals surface area (Å²) in [5.74, 6) is 0.872. The molecule has 0 amide bonds. The molecule has 3 rings (SSSR count). The first kappa shape index (κ1) is 21.9. The van der Waals surface area contributed by atoms with E-state index in [1.807, 2.05) is 0 Å². The largest absolute Gasteiger partial charge is 0.378 e. The van der Waals surface area contributed by atoms with Crippen molar-refractivity contribution in [1.29, 1.82) is 0 Å². The van der Waals surface area contributed by atoms with Crippen LogP contribution >= 0.6 is 0 Å². The van der Waals surface area contributed by atoms with E-state index in [2.05, 4.69) is 113 Å². The molecule has 30 heavy (non-hydrogen) atoms. The van der Waals surface area contributed by atoms with Gasteiger partial charge in [0.2, 0.25) is 0 Å². The predicted molar refractivity (Wildman–Crippen MR) is 130 cm³/mol. The molecule has 1 N–H and O–H groups in total. The van der Waals surface area contributed by atoms with Gasteiger partial charge in [-0.25, -0.2) is 0 Å². The number of benzene rings is 2. The Hall–Kier alpha value is -2.81. The van der Waals surface area contributed by atoms with Gasteiger partial charge >= 0.3 is 0 Å². The zero-order valence-corrected chi connectivity index (χ0v) is 19.2. The minimum Gasteiger partial charge on any atom is -0.378 e. The Morgan fingerprint density at radius 3 is 2.10 bits per heavy atom. The molecule has 3 heteroatoms. The number of hydrogen-bond donors (Lipinski definition) is 1. The van der Waals surface area contributed by atoms with Crippen LogP contribution in [-0.2, 0) is 0 Å². The van der Waals surface area contributed by atoms with Crippen molar-refractivity contribution >= 4 is 11.4 Å². The highest BCUT2D eigenvalue weighted by molar-refractivity contribution is 6.02. The number of hydrogen-bond acceptors (Lipinski definition) is 3. The zero-order valence-electron chi connectivity index (χ0n) is 19.2. The molecule has 0 aromatic heterocycles. The number of para-hydroxylation sites is 1. The van der Waals surface area contributed by atoms with Crippen LogP contribution in [0.4, 0.5) is 5.69 Å². The summed E-state index contributed by atoms with van der Waals surface area (Å²) in [5.41, 5.74) is 12.2. The van der Waals surface area contributed by atoms with Crippen LogP contribution in [0.1, 0.15) is 69.1 Å². The highest BCUT2D eigenvalue weighted by Crippen LogP contribution is 2.32. The lowest BCUT2D eigenvalue weighted by Crippen LogP contribution is -2.09. The monoisotopic (exact) mass is 401 g/mol. The van der Waals surface area contributed by atoms with E-state index in [1.165, 1.54) is 22.4 Å². The van der Waals surface area contributed by atoms with Crippen LogP contribution < -0.4 is 5.43 Å². The molecule has 1 aliphatic rings. The first-order valence-electron chi connectivity index (χ1n) is 10.9. The topological polar surface area (TPSA) is 27.6 Å². The Bertz CT molecular complexity index is 921. The van der Waals surface area contributed by atoms with Crippen molar-refractivity contribution in [2.45, 2.75) is 52.4 Å². The molecule has 0 atom stereocenters. The number of hydrazone groups is 1. The molecular weight excluding hydrogens is 366 g/mol. The van der Waals surface area contributed by atoms with Gasteiger partial charge in [0.25, 0.3) is 0 Å². The quantitative estimate of drug-likeness (QED) is 0.384. The maximum atomic E-state index is 4.97. The third kappa shape index (κ3) is 5.21. The lowest BCUT2D eigenvalue weighted by atomic mass is 9.93. The molecule has 0 unspecified atom stereocenters. The number of allylic oxidation sites excluding steroid dienone is 3. The summed E-state index contributed by atoms with van der Waals surface area (Å²) in [6.07, 6.45) is 6.40. The fraction of sp³-hybridized carbons (Fsp3) is 0.370. The molecule has 2 aromatic rings. The normalized spacial score (nSPS) is 14.2. The van der Waals surface area contributed by atoms with Crippen molar-refractivity contribution < 1.29 is 0 Å². The van der Waals surface area contributed by atoms with Gasteiger partial charge in [-0.1, -0.05) is 87.9 Å². The van der Waals surface area contributed by atoms with Crippen LogP contribution in [0.2, 0.25) is 0 Å². The number of nitrogens with one attached hydrogen (secondary N) is 1. The fourth-order valence-corrected chi connectivity index (χ4v) is 3.85. The third-order valence-corrected chi connectivity index (χ3v) is 5.62. The van der Waals surface area contributed by atoms with Gasteiger partial charge in [0.05, 0.1) is 11.4 Å². The van der Waals surface area contributed by atoms with Crippen LogP contribution in [0, 0.1) is 0 Å². The van der Waals surface area contributed by atoms with E-state index in [4.69, 9.17) is 5.10 Å². The van der Waals surface area contributed by atoms with Crippen molar-refractivity contribution in [3.8, 4) is 0 Å². The first-order valence-corrected chi connectivity index (χ1v) is 10.9. The minimum atomic E-state index is 0.436. The zero-order chi connectivity index (χ0) is 21.7. The molecule has 0 saturated carbocycles. The average molecular weight is 402 g/mol. The minimum absolute atomic E-state index is 0.436. The van der Waals surface area contributed by atoms with Crippen molar-refractivity contribution in [3.63, 3.8) is 0 Å². The highest BCUT2D eigenvalue weighted by atomic mass is 15.3. The predicted octanol–water partition coefficient (Wildman–Crippen LogP) is 6.92. The second-order valence-electron chi connectivity index (χ2n) is 8.86. The van der Waals surface area contributed by atoms with Gasteiger partial charge in [0, 0.05) is 26.2 Å². The van der Waals surface area contributed by atoms with Crippen molar-refractivity contribution in [1.82, 2.24) is 4.90 Å². The lowest BCUT2D eigenvalue weighted by molar-refractivity contribution is 0.531. The summed E-state index contributed by atoms with van der Waals surface area (Å²) in [4.78, 5) is 2.17. The van der Waals surface area contributed by atoms with E-state index in [0.717, 1.165) is 29.8 Å². The molecule has 0 spiro atoms. The molecule has 0 heterocycles. The number of likely N-dealkylation sites (N-methyl/N-ethyl adjacent to an activating group) is 1. The number of rotatable bonds is 8. The Balaban J connectivity index is 1.95. The van der Waals surface area contributed by atoms with E-state index in [1.54, 1.807) is 0 Å². The maximum absolute atomic E-state index is 4.97. The Kier molecular flexibility index (Phi) is 7.15. The van der Waals surface area contributed by atoms with E-state index in [9.17, 15) is 0 Å². The van der Waals surface area contributed by atoms with Gasteiger partial charge < -0.3 is 4.90 Å². The van der Waals surface area contributed by atoms with Crippen LogP contribution in [0.15, 0.2) is 77.1 Å². The van der Waals surface area contributed by atoms with Gasteiger partial charge in [0.1, 0.15) is 0 Å². The van der Waals surface area contributed by atoms with Gasteiger partial charge in [-0.15, -0.1) is 0 Å². The highest BCUT2D eigenvalue weighted by Gasteiger charge is 2.16.